The number of aromatic nitrogens is 2. The van der Waals surface area contributed by atoms with Gasteiger partial charge in [-0.2, -0.15) is 0 Å². The summed E-state index contributed by atoms with van der Waals surface area (Å²) < 4.78 is 6.23. The predicted octanol–water partition coefficient (Wildman–Crippen LogP) is 6.33. The molecule has 5 heteroatoms. The number of rotatable bonds is 6. The summed E-state index contributed by atoms with van der Waals surface area (Å²) in [5.74, 6) is 1.16. The summed E-state index contributed by atoms with van der Waals surface area (Å²) in [4.78, 5) is 12.4. The van der Waals surface area contributed by atoms with Gasteiger partial charge in [-0.05, 0) is 30.7 Å². The molecule has 146 valence electrons. The summed E-state index contributed by atoms with van der Waals surface area (Å²) in [6.07, 6.45) is 1.53. The van der Waals surface area contributed by atoms with E-state index in [1.807, 2.05) is 67.6 Å². The smallest absolute Gasteiger partial charge is 0.188 e. The standard InChI is InChI=1S/C25H20N4O/c1-18-7-6-10-20(15-18)23-24(30-16-19-8-4-3-5-9-19)25(28-17-27-23)29-22-13-11-21(26-2)12-14-22/h3-15,17H,16H2,1H3,(H,27,28,29). The average molecular weight is 392 g/mol. The summed E-state index contributed by atoms with van der Waals surface area (Å²) in [6.45, 7) is 9.56. The summed E-state index contributed by atoms with van der Waals surface area (Å²) >= 11 is 0. The molecule has 1 aromatic heterocycles. The van der Waals surface area contributed by atoms with E-state index in [0.29, 0.717) is 23.9 Å². The van der Waals surface area contributed by atoms with Gasteiger partial charge in [0.25, 0.3) is 0 Å². The summed E-state index contributed by atoms with van der Waals surface area (Å²) in [5, 5.41) is 3.31. The van der Waals surface area contributed by atoms with Gasteiger partial charge in [0.15, 0.2) is 17.3 Å². The number of aryl methyl sites for hydroxylation is 1. The Hall–Kier alpha value is -4.17. The molecular formula is C25H20N4O. The van der Waals surface area contributed by atoms with Crippen molar-refractivity contribution < 1.29 is 4.74 Å². The first kappa shape index (κ1) is 19.2. The van der Waals surface area contributed by atoms with Gasteiger partial charge in [-0.3, -0.25) is 0 Å². The first-order chi connectivity index (χ1) is 14.7. The number of nitrogens with zero attached hydrogens (tertiary/aromatic N) is 3. The van der Waals surface area contributed by atoms with Crippen LogP contribution in [0.4, 0.5) is 17.2 Å². The van der Waals surface area contributed by atoms with Crippen LogP contribution in [-0.2, 0) is 6.61 Å². The summed E-state index contributed by atoms with van der Waals surface area (Å²) in [5.41, 5.74) is 5.30. The van der Waals surface area contributed by atoms with Crippen LogP contribution in [0, 0.1) is 13.5 Å². The third-order valence-electron chi connectivity index (χ3n) is 4.58. The number of nitrogens with one attached hydrogen (secondary N) is 1. The minimum atomic E-state index is 0.401. The third kappa shape index (κ3) is 4.45. The van der Waals surface area contributed by atoms with E-state index in [2.05, 4.69) is 26.2 Å². The molecule has 0 atom stereocenters. The zero-order chi connectivity index (χ0) is 20.8. The van der Waals surface area contributed by atoms with Crippen LogP contribution < -0.4 is 10.1 Å². The van der Waals surface area contributed by atoms with Crippen molar-refractivity contribution in [2.75, 3.05) is 5.32 Å². The Morgan fingerprint density at radius 3 is 2.47 bits per heavy atom. The monoisotopic (exact) mass is 392 g/mol. The van der Waals surface area contributed by atoms with E-state index in [-0.39, 0.29) is 0 Å². The van der Waals surface area contributed by atoms with Gasteiger partial charge >= 0.3 is 0 Å². The molecule has 4 rings (SSSR count). The molecule has 0 aliphatic carbocycles. The van der Waals surface area contributed by atoms with E-state index in [1.165, 1.54) is 6.33 Å². The number of ether oxygens (including phenoxy) is 1. The molecule has 4 aromatic rings. The lowest BCUT2D eigenvalue weighted by Crippen LogP contribution is -2.04. The van der Waals surface area contributed by atoms with E-state index in [0.717, 1.165) is 28.1 Å². The Labute approximate surface area is 175 Å². The van der Waals surface area contributed by atoms with Crippen molar-refractivity contribution in [2.45, 2.75) is 13.5 Å². The molecule has 5 nitrogen and oxygen atoms in total. The van der Waals surface area contributed by atoms with Crippen LogP contribution in [0.2, 0.25) is 0 Å². The second-order valence-electron chi connectivity index (χ2n) is 6.83. The maximum absolute atomic E-state index is 7.11. The molecule has 30 heavy (non-hydrogen) atoms. The molecule has 0 spiro atoms. The highest BCUT2D eigenvalue weighted by atomic mass is 16.5. The Bertz CT molecular complexity index is 1180. The molecule has 3 aromatic carbocycles. The molecule has 1 heterocycles. The summed E-state index contributed by atoms with van der Waals surface area (Å²) in [6, 6.07) is 25.4. The van der Waals surface area contributed by atoms with Crippen molar-refractivity contribution in [2.24, 2.45) is 0 Å². The van der Waals surface area contributed by atoms with Gasteiger partial charge in [-0.25, -0.2) is 14.8 Å². The zero-order valence-electron chi connectivity index (χ0n) is 16.5. The molecule has 0 radical (unpaired) electrons. The topological polar surface area (TPSA) is 51.4 Å². The molecule has 0 bridgehead atoms. The van der Waals surface area contributed by atoms with Gasteiger partial charge in [0, 0.05) is 11.3 Å². The van der Waals surface area contributed by atoms with Crippen molar-refractivity contribution in [1.29, 1.82) is 0 Å². The van der Waals surface area contributed by atoms with Crippen molar-refractivity contribution in [3.05, 3.63) is 108 Å². The van der Waals surface area contributed by atoms with Gasteiger partial charge in [-0.15, -0.1) is 0 Å². The largest absolute Gasteiger partial charge is 0.483 e. The van der Waals surface area contributed by atoms with Gasteiger partial charge in [-0.1, -0.05) is 66.2 Å². The normalized spacial score (nSPS) is 10.3. The average Bonchev–Trinajstić information content (AvgIpc) is 2.79. The molecule has 0 aliphatic heterocycles. The fourth-order valence-corrected chi connectivity index (χ4v) is 3.08. The lowest BCUT2D eigenvalue weighted by molar-refractivity contribution is 0.307. The molecule has 0 fully saturated rings. The Balaban J connectivity index is 1.72. The predicted molar refractivity (Wildman–Crippen MR) is 119 cm³/mol. The van der Waals surface area contributed by atoms with Crippen LogP contribution in [0.5, 0.6) is 5.75 Å². The highest BCUT2D eigenvalue weighted by Gasteiger charge is 2.16. The van der Waals surface area contributed by atoms with Crippen molar-refractivity contribution in [3.8, 4) is 17.0 Å². The molecule has 0 unspecified atom stereocenters. The number of anilines is 2. The molecular weight excluding hydrogens is 372 g/mol. The fraction of sp³-hybridized carbons (Fsp3) is 0.0800. The molecule has 0 amide bonds. The summed E-state index contributed by atoms with van der Waals surface area (Å²) in [7, 11) is 0. The van der Waals surface area contributed by atoms with Crippen molar-refractivity contribution in [1.82, 2.24) is 9.97 Å². The molecule has 1 N–H and O–H groups in total. The number of benzene rings is 3. The Morgan fingerprint density at radius 1 is 0.933 bits per heavy atom. The molecule has 0 saturated heterocycles. The van der Waals surface area contributed by atoms with Gasteiger partial charge in [0.2, 0.25) is 0 Å². The Morgan fingerprint density at radius 2 is 1.73 bits per heavy atom. The maximum Gasteiger partial charge on any atom is 0.188 e. The number of hydrogen-bond acceptors (Lipinski definition) is 4. The highest BCUT2D eigenvalue weighted by Crippen LogP contribution is 2.36. The van der Waals surface area contributed by atoms with E-state index >= 15 is 0 Å². The van der Waals surface area contributed by atoms with Crippen LogP contribution in [0.25, 0.3) is 16.1 Å². The van der Waals surface area contributed by atoms with E-state index in [1.54, 1.807) is 12.1 Å². The second kappa shape index (κ2) is 8.89. The van der Waals surface area contributed by atoms with Crippen LogP contribution in [0.1, 0.15) is 11.1 Å². The van der Waals surface area contributed by atoms with Crippen LogP contribution >= 0.6 is 0 Å². The van der Waals surface area contributed by atoms with E-state index in [9.17, 15) is 0 Å². The van der Waals surface area contributed by atoms with Gasteiger partial charge < -0.3 is 10.1 Å². The lowest BCUT2D eigenvalue weighted by atomic mass is 10.1. The minimum absolute atomic E-state index is 0.401. The minimum Gasteiger partial charge on any atom is -0.483 e. The van der Waals surface area contributed by atoms with Gasteiger partial charge in [0.05, 0.1) is 6.57 Å². The second-order valence-corrected chi connectivity index (χ2v) is 6.83. The molecule has 0 saturated carbocycles. The Kier molecular flexibility index (Phi) is 5.68. The quantitative estimate of drug-likeness (QED) is 0.390. The SMILES string of the molecule is [C-]#[N+]c1ccc(Nc2ncnc(-c3cccc(C)c3)c2OCc2ccccc2)cc1. The van der Waals surface area contributed by atoms with Crippen LogP contribution in [-0.4, -0.2) is 9.97 Å². The number of hydrogen-bond donors (Lipinski definition) is 1. The fourth-order valence-electron chi connectivity index (χ4n) is 3.08. The molecule has 0 aliphatic rings. The highest BCUT2D eigenvalue weighted by molar-refractivity contribution is 5.75. The lowest BCUT2D eigenvalue weighted by Gasteiger charge is -2.16. The zero-order valence-corrected chi connectivity index (χ0v) is 16.5. The first-order valence-electron chi connectivity index (χ1n) is 9.56. The maximum atomic E-state index is 7.11. The van der Waals surface area contributed by atoms with E-state index in [4.69, 9.17) is 11.3 Å². The van der Waals surface area contributed by atoms with Crippen molar-refractivity contribution >= 4 is 17.2 Å². The third-order valence-corrected chi connectivity index (χ3v) is 4.58. The first-order valence-corrected chi connectivity index (χ1v) is 9.56. The van der Waals surface area contributed by atoms with Crippen molar-refractivity contribution in [3.63, 3.8) is 0 Å². The van der Waals surface area contributed by atoms with Gasteiger partial charge in [0.1, 0.15) is 18.6 Å². The van der Waals surface area contributed by atoms with Crippen LogP contribution in [0.3, 0.4) is 0 Å². The van der Waals surface area contributed by atoms with Crippen LogP contribution in [0.15, 0.2) is 85.2 Å². The van der Waals surface area contributed by atoms with E-state index < -0.39 is 0 Å².